The van der Waals surface area contributed by atoms with Crippen LogP contribution in [0.2, 0.25) is 0 Å². The highest BCUT2D eigenvalue weighted by Crippen LogP contribution is 2.20. The second kappa shape index (κ2) is 7.45. The minimum atomic E-state index is -0.739. The van der Waals surface area contributed by atoms with E-state index in [1.807, 2.05) is 19.1 Å². The van der Waals surface area contributed by atoms with Gasteiger partial charge in [0.05, 0.1) is 0 Å². The lowest BCUT2D eigenvalue weighted by atomic mass is 10.1. The van der Waals surface area contributed by atoms with Gasteiger partial charge in [-0.15, -0.1) is 0 Å². The van der Waals surface area contributed by atoms with Crippen molar-refractivity contribution in [2.24, 2.45) is 0 Å². The molecule has 6 heteroatoms. The molecule has 5 nitrogen and oxygen atoms in total. The molecule has 0 saturated heterocycles. The van der Waals surface area contributed by atoms with Crippen LogP contribution < -0.4 is 5.32 Å². The first-order chi connectivity index (χ1) is 10.9. The number of nitrogens with one attached hydrogen (secondary N) is 1. The highest BCUT2D eigenvalue weighted by Gasteiger charge is 2.14. The van der Waals surface area contributed by atoms with Crippen molar-refractivity contribution in [3.8, 4) is 5.75 Å². The van der Waals surface area contributed by atoms with Gasteiger partial charge >= 0.3 is 5.97 Å². The lowest BCUT2D eigenvalue weighted by Crippen LogP contribution is -2.21. The second-order valence-corrected chi connectivity index (χ2v) is 6.35. The van der Waals surface area contributed by atoms with Crippen LogP contribution in [-0.4, -0.2) is 23.6 Å². The maximum Gasteiger partial charge on any atom is 0.342 e. The van der Waals surface area contributed by atoms with Crippen molar-refractivity contribution in [3.63, 3.8) is 0 Å². The molecule has 2 N–H and O–H groups in total. The number of benzene rings is 2. The predicted octanol–water partition coefficient (Wildman–Crippen LogP) is 3.41. The van der Waals surface area contributed by atoms with Gasteiger partial charge in [-0.3, -0.25) is 4.79 Å². The number of phenols is 1. The van der Waals surface area contributed by atoms with Crippen LogP contribution >= 0.6 is 22.6 Å². The van der Waals surface area contributed by atoms with E-state index in [1.165, 1.54) is 12.1 Å². The number of aromatic hydroxyl groups is 1. The summed E-state index contributed by atoms with van der Waals surface area (Å²) in [7, 11) is 0. The number of anilines is 1. The standard InChI is InChI=1S/C17H16INO4/c1-10-3-5-13(15(20)7-10)17(22)23-9-16(21)19-14-6-4-12(18)8-11(14)2/h3-8,20H,9H2,1-2H3,(H,19,21). The number of esters is 1. The lowest BCUT2D eigenvalue weighted by molar-refractivity contribution is -0.119. The third-order valence-electron chi connectivity index (χ3n) is 3.17. The summed E-state index contributed by atoms with van der Waals surface area (Å²) in [6.07, 6.45) is 0. The smallest absolute Gasteiger partial charge is 0.342 e. The van der Waals surface area contributed by atoms with Gasteiger partial charge in [0, 0.05) is 9.26 Å². The molecular formula is C17H16INO4. The summed E-state index contributed by atoms with van der Waals surface area (Å²) < 4.78 is 6.00. The molecule has 2 aromatic rings. The van der Waals surface area contributed by atoms with E-state index in [-0.39, 0.29) is 11.3 Å². The van der Waals surface area contributed by atoms with Crippen molar-refractivity contribution in [1.29, 1.82) is 0 Å². The molecule has 1 amide bonds. The summed E-state index contributed by atoms with van der Waals surface area (Å²) in [6, 6.07) is 10.2. The Morgan fingerprint density at radius 3 is 2.57 bits per heavy atom. The van der Waals surface area contributed by atoms with E-state index in [0.717, 1.165) is 14.7 Å². The van der Waals surface area contributed by atoms with Crippen LogP contribution in [0.3, 0.4) is 0 Å². The van der Waals surface area contributed by atoms with Gasteiger partial charge in [-0.2, -0.15) is 0 Å². The molecule has 0 aliphatic rings. The molecule has 0 aromatic heterocycles. The number of hydrogen-bond acceptors (Lipinski definition) is 4. The van der Waals surface area contributed by atoms with Crippen molar-refractivity contribution < 1.29 is 19.4 Å². The third-order valence-corrected chi connectivity index (χ3v) is 3.84. The molecule has 0 atom stereocenters. The largest absolute Gasteiger partial charge is 0.507 e. The Kier molecular flexibility index (Phi) is 5.59. The summed E-state index contributed by atoms with van der Waals surface area (Å²) in [5.74, 6) is -1.34. The molecule has 0 unspecified atom stereocenters. The first kappa shape index (κ1) is 17.3. The van der Waals surface area contributed by atoms with Crippen molar-refractivity contribution in [2.45, 2.75) is 13.8 Å². The van der Waals surface area contributed by atoms with E-state index in [1.54, 1.807) is 19.1 Å². The van der Waals surface area contributed by atoms with Gasteiger partial charge in [0.15, 0.2) is 6.61 Å². The Balaban J connectivity index is 1.94. The molecule has 23 heavy (non-hydrogen) atoms. The van der Waals surface area contributed by atoms with Gasteiger partial charge in [0.25, 0.3) is 5.91 Å². The molecule has 0 saturated carbocycles. The molecule has 0 aliphatic carbocycles. The lowest BCUT2D eigenvalue weighted by Gasteiger charge is -2.10. The Morgan fingerprint density at radius 2 is 1.91 bits per heavy atom. The predicted molar refractivity (Wildman–Crippen MR) is 95.7 cm³/mol. The van der Waals surface area contributed by atoms with Crippen molar-refractivity contribution in [3.05, 3.63) is 56.7 Å². The summed E-state index contributed by atoms with van der Waals surface area (Å²) in [6.45, 7) is 3.26. The zero-order valence-corrected chi connectivity index (χ0v) is 14.9. The minimum absolute atomic E-state index is 0.0360. The molecular weight excluding hydrogens is 409 g/mol. The molecule has 0 aliphatic heterocycles. The number of rotatable bonds is 4. The maximum atomic E-state index is 11.9. The zero-order valence-electron chi connectivity index (χ0n) is 12.7. The minimum Gasteiger partial charge on any atom is -0.507 e. The Bertz CT molecular complexity index is 758. The number of carbonyl (C=O) groups excluding carboxylic acids is 2. The van der Waals surface area contributed by atoms with Crippen LogP contribution in [-0.2, 0) is 9.53 Å². The first-order valence-electron chi connectivity index (χ1n) is 6.89. The SMILES string of the molecule is Cc1ccc(C(=O)OCC(=O)Nc2ccc(I)cc2C)c(O)c1. The Labute approximate surface area is 147 Å². The summed E-state index contributed by atoms with van der Waals surface area (Å²) in [5, 5.41) is 12.4. The zero-order chi connectivity index (χ0) is 17.0. The van der Waals surface area contributed by atoms with Gasteiger partial charge in [0.2, 0.25) is 0 Å². The number of aryl methyl sites for hydroxylation is 2. The van der Waals surface area contributed by atoms with Gasteiger partial charge < -0.3 is 15.2 Å². The molecule has 0 radical (unpaired) electrons. The quantitative estimate of drug-likeness (QED) is 0.582. The van der Waals surface area contributed by atoms with Crippen molar-refractivity contribution in [1.82, 2.24) is 0 Å². The second-order valence-electron chi connectivity index (χ2n) is 5.10. The van der Waals surface area contributed by atoms with Gasteiger partial charge in [-0.25, -0.2) is 4.79 Å². The van der Waals surface area contributed by atoms with E-state index in [2.05, 4.69) is 27.9 Å². The van der Waals surface area contributed by atoms with E-state index >= 15 is 0 Å². The fourth-order valence-corrected chi connectivity index (χ4v) is 2.62. The fourth-order valence-electron chi connectivity index (χ4n) is 1.98. The molecule has 2 aromatic carbocycles. The molecule has 2 rings (SSSR count). The van der Waals surface area contributed by atoms with Crippen LogP contribution in [0.5, 0.6) is 5.75 Å². The van der Waals surface area contributed by atoms with E-state index in [9.17, 15) is 14.7 Å². The summed E-state index contributed by atoms with van der Waals surface area (Å²) in [4.78, 5) is 23.8. The number of hydrogen-bond donors (Lipinski definition) is 2. The first-order valence-corrected chi connectivity index (χ1v) is 7.97. The molecule has 120 valence electrons. The Hall–Kier alpha value is -2.09. The van der Waals surface area contributed by atoms with Gasteiger partial charge in [-0.05, 0) is 77.9 Å². The summed E-state index contributed by atoms with van der Waals surface area (Å²) >= 11 is 2.19. The van der Waals surface area contributed by atoms with E-state index in [0.29, 0.717) is 5.69 Å². The summed E-state index contributed by atoms with van der Waals surface area (Å²) in [5.41, 5.74) is 2.46. The van der Waals surface area contributed by atoms with Gasteiger partial charge in [-0.1, -0.05) is 6.07 Å². The molecule has 0 heterocycles. The fraction of sp³-hybridized carbons (Fsp3) is 0.176. The highest BCUT2D eigenvalue weighted by molar-refractivity contribution is 14.1. The monoisotopic (exact) mass is 425 g/mol. The van der Waals surface area contributed by atoms with Crippen molar-refractivity contribution in [2.75, 3.05) is 11.9 Å². The van der Waals surface area contributed by atoms with E-state index in [4.69, 9.17) is 4.74 Å². The van der Waals surface area contributed by atoms with Crippen molar-refractivity contribution >= 4 is 40.2 Å². The number of amides is 1. The average molecular weight is 425 g/mol. The van der Waals surface area contributed by atoms with Gasteiger partial charge in [0.1, 0.15) is 11.3 Å². The van der Waals surface area contributed by atoms with E-state index < -0.39 is 18.5 Å². The van der Waals surface area contributed by atoms with Crippen LogP contribution in [0.1, 0.15) is 21.5 Å². The maximum absolute atomic E-state index is 11.9. The number of ether oxygens (including phenoxy) is 1. The Morgan fingerprint density at radius 1 is 1.17 bits per heavy atom. The third kappa shape index (κ3) is 4.69. The molecule has 0 fully saturated rings. The molecule has 0 bridgehead atoms. The average Bonchev–Trinajstić information content (AvgIpc) is 2.48. The normalized spacial score (nSPS) is 10.2. The van der Waals surface area contributed by atoms with Crippen LogP contribution in [0.15, 0.2) is 36.4 Å². The number of carbonyl (C=O) groups is 2. The number of halogens is 1. The number of phenolic OH excluding ortho intramolecular Hbond substituents is 1. The van der Waals surface area contributed by atoms with Crippen LogP contribution in [0.25, 0.3) is 0 Å². The topological polar surface area (TPSA) is 75.6 Å². The molecule has 0 spiro atoms. The highest BCUT2D eigenvalue weighted by atomic mass is 127. The van der Waals surface area contributed by atoms with Crippen LogP contribution in [0.4, 0.5) is 5.69 Å². The van der Waals surface area contributed by atoms with Crippen LogP contribution in [0, 0.1) is 17.4 Å².